The lowest BCUT2D eigenvalue weighted by Gasteiger charge is -2.35. The number of hydrogen-bond donors (Lipinski definition) is 0. The van der Waals surface area contributed by atoms with Gasteiger partial charge in [0.2, 0.25) is 6.10 Å². The molecule has 0 spiro atoms. The van der Waals surface area contributed by atoms with E-state index in [0.717, 1.165) is 23.5 Å². The third-order valence-corrected chi connectivity index (χ3v) is 5.27. The zero-order chi connectivity index (χ0) is 19.7. The number of piperazine rings is 1. The van der Waals surface area contributed by atoms with E-state index in [-0.39, 0.29) is 11.8 Å². The van der Waals surface area contributed by atoms with E-state index in [2.05, 4.69) is 10.3 Å². The first-order valence-electron chi connectivity index (χ1n) is 9.45. The number of aromatic nitrogens is 2. The van der Waals surface area contributed by atoms with Gasteiger partial charge in [0.15, 0.2) is 5.76 Å². The highest BCUT2D eigenvalue weighted by Crippen LogP contribution is 2.21. The van der Waals surface area contributed by atoms with E-state index in [0.29, 0.717) is 38.4 Å². The van der Waals surface area contributed by atoms with Crippen LogP contribution in [0.25, 0.3) is 0 Å². The maximum atomic E-state index is 12.8. The normalized spacial score (nSPS) is 19.5. The minimum Gasteiger partial charge on any atom is -0.459 e. The molecule has 0 aliphatic carbocycles. The highest BCUT2D eigenvalue weighted by Gasteiger charge is 2.35. The van der Waals surface area contributed by atoms with Gasteiger partial charge in [-0.2, -0.15) is 5.10 Å². The number of rotatable bonds is 4. The Kier molecular flexibility index (Phi) is 4.89. The average molecular weight is 385 g/mol. The van der Waals surface area contributed by atoms with Crippen LogP contribution in [0.4, 0.5) is 0 Å². The Morgan fingerprint density at radius 1 is 1.21 bits per heavy atom. The van der Waals surface area contributed by atoms with E-state index in [9.17, 15) is 9.59 Å². The summed E-state index contributed by atoms with van der Waals surface area (Å²) in [5.41, 5.74) is 2.69. The van der Waals surface area contributed by atoms with Crippen molar-refractivity contribution in [3.63, 3.8) is 0 Å². The molecule has 0 N–H and O–H groups in total. The minimum atomic E-state index is -0.619. The lowest BCUT2D eigenvalue weighted by atomic mass is 10.0. The van der Waals surface area contributed by atoms with Crippen molar-refractivity contribution in [2.24, 2.45) is 5.16 Å². The number of hydrogen-bond acceptors (Lipinski definition) is 6. The van der Waals surface area contributed by atoms with Crippen molar-refractivity contribution in [3.8, 4) is 0 Å². The molecule has 1 saturated heterocycles. The van der Waals surface area contributed by atoms with Crippen LogP contribution in [0.1, 0.15) is 35.2 Å². The Labute approximate surface area is 162 Å². The summed E-state index contributed by atoms with van der Waals surface area (Å²) in [6.07, 6.45) is 3.06. The molecule has 4 heterocycles. The van der Waals surface area contributed by atoms with Crippen LogP contribution in [-0.4, -0.2) is 69.4 Å². The number of carbonyl (C=O) groups excluding carboxylic acids is 2. The monoisotopic (exact) mass is 385 g/mol. The zero-order valence-electron chi connectivity index (χ0n) is 16.0. The summed E-state index contributed by atoms with van der Waals surface area (Å²) in [6.45, 7) is 6.66. The summed E-state index contributed by atoms with van der Waals surface area (Å²) in [7, 11) is 0. The molecule has 9 heteroatoms. The SMILES string of the molecule is CCn1ncc(C2=NOC(C(=O)N3CCN(C(=O)c4ccco4)CC3)C2)c1C. The van der Waals surface area contributed by atoms with Gasteiger partial charge in [0.05, 0.1) is 18.2 Å². The molecule has 0 radical (unpaired) electrons. The lowest BCUT2D eigenvalue weighted by molar-refractivity contribution is -0.143. The number of amides is 2. The fourth-order valence-corrected chi connectivity index (χ4v) is 3.61. The standard InChI is InChI=1S/C19H23N5O4/c1-3-24-13(2)14(12-20-24)15-11-17(28-21-15)19(26)23-8-6-22(7-9-23)18(25)16-5-4-10-27-16/h4-5,10,12,17H,3,6-9,11H2,1-2H3. The largest absolute Gasteiger partial charge is 0.459 e. The van der Waals surface area contributed by atoms with Crippen molar-refractivity contribution < 1.29 is 18.8 Å². The zero-order valence-corrected chi connectivity index (χ0v) is 16.0. The maximum absolute atomic E-state index is 12.8. The smallest absolute Gasteiger partial charge is 0.289 e. The summed E-state index contributed by atoms with van der Waals surface area (Å²) in [6, 6.07) is 3.34. The number of oxime groups is 1. The van der Waals surface area contributed by atoms with Gasteiger partial charge in [-0.3, -0.25) is 14.3 Å². The molecule has 2 aliphatic rings. The molecular formula is C19H23N5O4. The van der Waals surface area contributed by atoms with Gasteiger partial charge in [0, 0.05) is 50.4 Å². The van der Waals surface area contributed by atoms with Crippen LogP contribution in [0.3, 0.4) is 0 Å². The van der Waals surface area contributed by atoms with Crippen LogP contribution in [0.15, 0.2) is 34.2 Å². The van der Waals surface area contributed by atoms with Crippen molar-refractivity contribution in [1.82, 2.24) is 19.6 Å². The van der Waals surface area contributed by atoms with Crippen LogP contribution >= 0.6 is 0 Å². The first kappa shape index (κ1) is 18.3. The number of aryl methyl sites for hydroxylation is 1. The second kappa shape index (κ2) is 7.49. The lowest BCUT2D eigenvalue weighted by Crippen LogP contribution is -2.52. The molecule has 0 bridgehead atoms. The Hall–Kier alpha value is -3.10. The molecule has 1 atom stereocenters. The fourth-order valence-electron chi connectivity index (χ4n) is 3.61. The second-order valence-electron chi connectivity index (χ2n) is 6.89. The highest BCUT2D eigenvalue weighted by molar-refractivity contribution is 6.04. The first-order valence-corrected chi connectivity index (χ1v) is 9.45. The van der Waals surface area contributed by atoms with E-state index in [1.54, 1.807) is 28.1 Å². The Morgan fingerprint density at radius 2 is 1.96 bits per heavy atom. The highest BCUT2D eigenvalue weighted by atomic mass is 16.6. The van der Waals surface area contributed by atoms with Gasteiger partial charge >= 0.3 is 0 Å². The Morgan fingerprint density at radius 3 is 2.61 bits per heavy atom. The van der Waals surface area contributed by atoms with Gasteiger partial charge in [0.25, 0.3) is 11.8 Å². The number of nitrogens with zero attached hydrogens (tertiary/aromatic N) is 5. The van der Waals surface area contributed by atoms with Gasteiger partial charge in [-0.1, -0.05) is 5.16 Å². The molecule has 0 saturated carbocycles. The topological polar surface area (TPSA) is 93.2 Å². The molecule has 1 unspecified atom stereocenters. The quantitative estimate of drug-likeness (QED) is 0.790. The molecule has 148 valence electrons. The second-order valence-corrected chi connectivity index (χ2v) is 6.89. The van der Waals surface area contributed by atoms with E-state index in [1.165, 1.54) is 6.26 Å². The molecule has 2 amide bonds. The molecule has 28 heavy (non-hydrogen) atoms. The van der Waals surface area contributed by atoms with Crippen molar-refractivity contribution in [2.45, 2.75) is 32.9 Å². The third-order valence-electron chi connectivity index (χ3n) is 5.27. The molecule has 0 aromatic carbocycles. The summed E-state index contributed by atoms with van der Waals surface area (Å²) in [5, 5.41) is 8.45. The van der Waals surface area contributed by atoms with Gasteiger partial charge in [-0.05, 0) is 26.0 Å². The predicted molar refractivity (Wildman–Crippen MR) is 99.9 cm³/mol. The van der Waals surface area contributed by atoms with Crippen molar-refractivity contribution in [3.05, 3.63) is 41.6 Å². The van der Waals surface area contributed by atoms with E-state index in [4.69, 9.17) is 9.25 Å². The third kappa shape index (κ3) is 3.28. The van der Waals surface area contributed by atoms with Crippen molar-refractivity contribution >= 4 is 17.5 Å². The van der Waals surface area contributed by atoms with Crippen LogP contribution in [-0.2, 0) is 16.2 Å². The average Bonchev–Trinajstić information content (AvgIpc) is 3.47. The molecule has 2 aromatic heterocycles. The first-order chi connectivity index (χ1) is 13.6. The summed E-state index contributed by atoms with van der Waals surface area (Å²) >= 11 is 0. The molecule has 2 aliphatic heterocycles. The Bertz CT molecular complexity index is 894. The van der Waals surface area contributed by atoms with Crippen molar-refractivity contribution in [2.75, 3.05) is 26.2 Å². The molecule has 4 rings (SSSR count). The van der Waals surface area contributed by atoms with E-state index < -0.39 is 6.10 Å². The van der Waals surface area contributed by atoms with Crippen LogP contribution in [0.2, 0.25) is 0 Å². The number of carbonyl (C=O) groups is 2. The molecule has 2 aromatic rings. The summed E-state index contributed by atoms with van der Waals surface area (Å²) in [4.78, 5) is 34.0. The van der Waals surface area contributed by atoms with Crippen molar-refractivity contribution in [1.29, 1.82) is 0 Å². The van der Waals surface area contributed by atoms with Gasteiger partial charge in [-0.15, -0.1) is 0 Å². The fraction of sp³-hybridized carbons (Fsp3) is 0.474. The van der Waals surface area contributed by atoms with E-state index >= 15 is 0 Å². The predicted octanol–water partition coefficient (Wildman–Crippen LogP) is 1.28. The van der Waals surface area contributed by atoms with Crippen LogP contribution < -0.4 is 0 Å². The van der Waals surface area contributed by atoms with Gasteiger partial charge < -0.3 is 19.1 Å². The van der Waals surface area contributed by atoms with E-state index in [1.807, 2.05) is 18.5 Å². The summed E-state index contributed by atoms with van der Waals surface area (Å²) in [5.74, 6) is 0.0765. The van der Waals surface area contributed by atoms with Gasteiger partial charge in [0.1, 0.15) is 0 Å². The van der Waals surface area contributed by atoms with Gasteiger partial charge in [-0.25, -0.2) is 0 Å². The van der Waals surface area contributed by atoms with Crippen LogP contribution in [0.5, 0.6) is 0 Å². The minimum absolute atomic E-state index is 0.0932. The number of furan rings is 1. The summed E-state index contributed by atoms with van der Waals surface area (Å²) < 4.78 is 7.05. The molecule has 9 nitrogen and oxygen atoms in total. The van der Waals surface area contributed by atoms with Crippen LogP contribution in [0, 0.1) is 6.92 Å². The Balaban J connectivity index is 1.33. The molecule has 1 fully saturated rings. The molecular weight excluding hydrogens is 362 g/mol. The maximum Gasteiger partial charge on any atom is 0.289 e.